The third-order valence-electron chi connectivity index (χ3n) is 1.87. The number of benzene rings is 1. The minimum atomic E-state index is 0.162. The Bertz CT molecular complexity index is 315. The largest absolute Gasteiger partial charge is 0.494 e. The van der Waals surface area contributed by atoms with E-state index in [1.165, 1.54) is 0 Å². The number of ether oxygens (including phenoxy) is 2. The first-order valence-electron chi connectivity index (χ1n) is 5.45. The van der Waals surface area contributed by atoms with Gasteiger partial charge >= 0.3 is 0 Å². The van der Waals surface area contributed by atoms with Crippen molar-refractivity contribution < 1.29 is 14.6 Å². The van der Waals surface area contributed by atoms with E-state index in [9.17, 15) is 0 Å². The zero-order valence-corrected chi connectivity index (χ0v) is 10.5. The molecule has 1 aromatic carbocycles. The van der Waals surface area contributed by atoms with Gasteiger partial charge in [-0.3, -0.25) is 0 Å². The highest BCUT2D eigenvalue weighted by Crippen LogP contribution is 2.32. The highest BCUT2D eigenvalue weighted by molar-refractivity contribution is 7.99. The molecular formula is C12H18O3S. The summed E-state index contributed by atoms with van der Waals surface area (Å²) in [5, 5.41) is 8.83. The summed E-state index contributed by atoms with van der Waals surface area (Å²) in [6, 6.07) is 5.76. The lowest BCUT2D eigenvalue weighted by atomic mass is 10.3. The van der Waals surface area contributed by atoms with Gasteiger partial charge in [-0.15, -0.1) is 11.8 Å². The topological polar surface area (TPSA) is 38.7 Å². The van der Waals surface area contributed by atoms with Crippen LogP contribution < -0.4 is 9.47 Å². The molecule has 0 amide bonds. The lowest BCUT2D eigenvalue weighted by molar-refractivity contribution is 0.320. The summed E-state index contributed by atoms with van der Waals surface area (Å²) < 4.78 is 10.9. The van der Waals surface area contributed by atoms with Gasteiger partial charge in [0.2, 0.25) is 0 Å². The van der Waals surface area contributed by atoms with Crippen LogP contribution in [0.15, 0.2) is 23.1 Å². The van der Waals surface area contributed by atoms with Crippen LogP contribution in [0.1, 0.15) is 13.8 Å². The van der Waals surface area contributed by atoms with Crippen LogP contribution in [-0.4, -0.2) is 30.7 Å². The predicted octanol–water partition coefficient (Wildman–Crippen LogP) is 2.57. The molecule has 0 aliphatic carbocycles. The molecule has 0 unspecified atom stereocenters. The average molecular weight is 242 g/mol. The summed E-state index contributed by atoms with van der Waals surface area (Å²) in [6.07, 6.45) is 0. The number of aliphatic hydroxyl groups is 1. The SMILES string of the molecule is CCOc1ccc(OCC)c(SCCO)c1. The van der Waals surface area contributed by atoms with Crippen LogP contribution in [0, 0.1) is 0 Å². The van der Waals surface area contributed by atoms with Crippen LogP contribution in [0.5, 0.6) is 11.5 Å². The zero-order valence-electron chi connectivity index (χ0n) is 9.73. The van der Waals surface area contributed by atoms with Crippen molar-refractivity contribution in [1.82, 2.24) is 0 Å². The van der Waals surface area contributed by atoms with Crippen molar-refractivity contribution in [1.29, 1.82) is 0 Å². The van der Waals surface area contributed by atoms with Gasteiger partial charge in [0.15, 0.2) is 0 Å². The molecule has 0 aliphatic heterocycles. The number of aliphatic hydroxyl groups excluding tert-OH is 1. The molecule has 1 N–H and O–H groups in total. The summed E-state index contributed by atoms with van der Waals surface area (Å²) >= 11 is 1.57. The summed E-state index contributed by atoms with van der Waals surface area (Å²) in [4.78, 5) is 1.02. The third-order valence-corrected chi connectivity index (χ3v) is 2.89. The van der Waals surface area contributed by atoms with E-state index in [2.05, 4.69) is 0 Å². The normalized spacial score (nSPS) is 10.2. The van der Waals surface area contributed by atoms with Crippen LogP contribution in [0.4, 0.5) is 0 Å². The Morgan fingerprint density at radius 1 is 1.19 bits per heavy atom. The molecule has 90 valence electrons. The number of hydrogen-bond donors (Lipinski definition) is 1. The van der Waals surface area contributed by atoms with E-state index in [0.29, 0.717) is 19.0 Å². The van der Waals surface area contributed by atoms with Gasteiger partial charge in [0, 0.05) is 5.75 Å². The van der Waals surface area contributed by atoms with Crippen molar-refractivity contribution in [3.63, 3.8) is 0 Å². The minimum Gasteiger partial charge on any atom is -0.494 e. The van der Waals surface area contributed by atoms with Gasteiger partial charge in [-0.1, -0.05) is 0 Å². The smallest absolute Gasteiger partial charge is 0.133 e. The second-order valence-electron chi connectivity index (χ2n) is 3.05. The summed E-state index contributed by atoms with van der Waals surface area (Å²) in [5.41, 5.74) is 0. The van der Waals surface area contributed by atoms with Gasteiger partial charge in [-0.05, 0) is 32.0 Å². The van der Waals surface area contributed by atoms with Crippen LogP contribution in [0.3, 0.4) is 0 Å². The second-order valence-corrected chi connectivity index (χ2v) is 4.18. The highest BCUT2D eigenvalue weighted by atomic mass is 32.2. The molecule has 0 heterocycles. The van der Waals surface area contributed by atoms with Gasteiger partial charge in [0.25, 0.3) is 0 Å². The van der Waals surface area contributed by atoms with E-state index >= 15 is 0 Å². The van der Waals surface area contributed by atoms with E-state index < -0.39 is 0 Å². The first kappa shape index (κ1) is 13.2. The van der Waals surface area contributed by atoms with Crippen molar-refractivity contribution in [3.05, 3.63) is 18.2 Å². The molecule has 0 bridgehead atoms. The van der Waals surface area contributed by atoms with Gasteiger partial charge in [0.05, 0.1) is 24.7 Å². The lowest BCUT2D eigenvalue weighted by Gasteiger charge is -2.11. The Morgan fingerprint density at radius 3 is 2.56 bits per heavy atom. The van der Waals surface area contributed by atoms with Crippen LogP contribution in [0.25, 0.3) is 0 Å². The van der Waals surface area contributed by atoms with Crippen molar-refractivity contribution >= 4 is 11.8 Å². The third kappa shape index (κ3) is 3.94. The Hall–Kier alpha value is -0.870. The fourth-order valence-electron chi connectivity index (χ4n) is 1.29. The van der Waals surface area contributed by atoms with E-state index in [0.717, 1.165) is 16.4 Å². The molecule has 4 heteroatoms. The van der Waals surface area contributed by atoms with Gasteiger partial charge < -0.3 is 14.6 Å². The van der Waals surface area contributed by atoms with Crippen LogP contribution in [-0.2, 0) is 0 Å². The summed E-state index contributed by atoms with van der Waals surface area (Å²) in [7, 11) is 0. The first-order valence-corrected chi connectivity index (χ1v) is 6.43. The van der Waals surface area contributed by atoms with Gasteiger partial charge in [0.1, 0.15) is 11.5 Å². The second kappa shape index (κ2) is 7.41. The number of thioether (sulfide) groups is 1. The van der Waals surface area contributed by atoms with Crippen LogP contribution >= 0.6 is 11.8 Å². The van der Waals surface area contributed by atoms with Crippen molar-refractivity contribution in [3.8, 4) is 11.5 Å². The quantitative estimate of drug-likeness (QED) is 0.746. The predicted molar refractivity (Wildman–Crippen MR) is 66.6 cm³/mol. The minimum absolute atomic E-state index is 0.162. The molecule has 16 heavy (non-hydrogen) atoms. The zero-order chi connectivity index (χ0) is 11.8. The van der Waals surface area contributed by atoms with Crippen molar-refractivity contribution in [2.75, 3.05) is 25.6 Å². The molecule has 0 radical (unpaired) electrons. The maximum atomic E-state index is 8.83. The van der Waals surface area contributed by atoms with E-state index in [1.807, 2.05) is 32.0 Å². The molecule has 0 saturated carbocycles. The van der Waals surface area contributed by atoms with E-state index in [-0.39, 0.29) is 6.61 Å². The highest BCUT2D eigenvalue weighted by Gasteiger charge is 2.06. The average Bonchev–Trinajstić information content (AvgIpc) is 2.30. The van der Waals surface area contributed by atoms with E-state index in [1.54, 1.807) is 11.8 Å². The Labute approximate surface area is 101 Å². The maximum absolute atomic E-state index is 8.83. The van der Waals surface area contributed by atoms with Crippen LogP contribution in [0.2, 0.25) is 0 Å². The molecule has 0 spiro atoms. The molecule has 0 aliphatic rings. The Balaban J connectivity index is 2.82. The Kier molecular flexibility index (Phi) is 6.11. The lowest BCUT2D eigenvalue weighted by Crippen LogP contribution is -1.97. The molecule has 3 nitrogen and oxygen atoms in total. The first-order chi connectivity index (χ1) is 7.81. The summed E-state index contributed by atoms with van der Waals surface area (Å²) in [6.45, 7) is 5.36. The molecule has 0 saturated heterocycles. The van der Waals surface area contributed by atoms with Crippen molar-refractivity contribution in [2.45, 2.75) is 18.7 Å². The summed E-state index contributed by atoms with van der Waals surface area (Å²) in [5.74, 6) is 2.35. The van der Waals surface area contributed by atoms with Gasteiger partial charge in [-0.2, -0.15) is 0 Å². The molecule has 0 fully saturated rings. The van der Waals surface area contributed by atoms with E-state index in [4.69, 9.17) is 14.6 Å². The fourth-order valence-corrected chi connectivity index (χ4v) is 2.07. The molecule has 0 atom stereocenters. The monoisotopic (exact) mass is 242 g/mol. The molecule has 0 aromatic heterocycles. The molecular weight excluding hydrogens is 224 g/mol. The maximum Gasteiger partial charge on any atom is 0.133 e. The van der Waals surface area contributed by atoms with Gasteiger partial charge in [-0.25, -0.2) is 0 Å². The molecule has 1 rings (SSSR count). The number of hydrogen-bond acceptors (Lipinski definition) is 4. The molecule has 1 aromatic rings. The Morgan fingerprint density at radius 2 is 1.94 bits per heavy atom. The van der Waals surface area contributed by atoms with Crippen molar-refractivity contribution in [2.24, 2.45) is 0 Å². The fraction of sp³-hybridized carbons (Fsp3) is 0.500. The number of rotatable bonds is 7. The standard InChI is InChI=1S/C12H18O3S/c1-3-14-10-5-6-11(15-4-2)12(9-10)16-8-7-13/h5-6,9,13H,3-4,7-8H2,1-2H3.